The van der Waals surface area contributed by atoms with Crippen molar-refractivity contribution in [1.29, 1.82) is 0 Å². The van der Waals surface area contributed by atoms with Crippen molar-refractivity contribution in [2.45, 2.75) is 57.6 Å². The number of fused-ring (bicyclic) bond motifs is 1. The first-order valence-electron chi connectivity index (χ1n) is 10.2. The van der Waals surface area contributed by atoms with Crippen LogP contribution in [-0.2, 0) is 32.6 Å². The van der Waals surface area contributed by atoms with Gasteiger partial charge in [0, 0.05) is 20.1 Å². The number of nitrogens with zero attached hydrogens (tertiary/aromatic N) is 2. The normalized spacial score (nSPS) is 17.9. The van der Waals surface area contributed by atoms with Gasteiger partial charge in [-0.3, -0.25) is 24.0 Å². The van der Waals surface area contributed by atoms with Crippen LogP contribution in [0.2, 0.25) is 0 Å². The summed E-state index contributed by atoms with van der Waals surface area (Å²) in [6.45, 7) is 2.21. The number of amides is 2. The van der Waals surface area contributed by atoms with E-state index >= 15 is 0 Å². The number of carbonyl (C=O) groups excluding carboxylic acids is 2. The molecule has 2 aromatic rings. The zero-order valence-electron chi connectivity index (χ0n) is 17.2. The maximum Gasteiger partial charge on any atom is 0.332 e. The predicted octanol–water partition coefficient (Wildman–Crippen LogP) is 1.52. The van der Waals surface area contributed by atoms with Crippen LogP contribution in [0.15, 0.2) is 23.0 Å². The van der Waals surface area contributed by atoms with Crippen molar-refractivity contribution in [2.75, 3.05) is 6.61 Å². The van der Waals surface area contributed by atoms with Gasteiger partial charge in [0.25, 0.3) is 0 Å². The molecule has 30 heavy (non-hydrogen) atoms. The largest absolute Gasteiger partial charge is 0.479 e. The van der Waals surface area contributed by atoms with Crippen LogP contribution >= 0.6 is 0 Å². The number of ether oxygens (including phenoxy) is 1. The van der Waals surface area contributed by atoms with Gasteiger partial charge in [-0.2, -0.15) is 0 Å². The molecule has 0 saturated carbocycles. The van der Waals surface area contributed by atoms with Crippen LogP contribution in [0.1, 0.15) is 50.6 Å². The minimum atomic E-state index is -0.956. The number of hydrogen-bond acceptors (Lipinski definition) is 5. The van der Waals surface area contributed by atoms with Crippen LogP contribution in [-0.4, -0.2) is 44.7 Å². The van der Waals surface area contributed by atoms with E-state index in [0.717, 1.165) is 17.5 Å². The second-order valence-electron chi connectivity index (χ2n) is 7.55. The number of carboxylic acid groups (broad SMARTS) is 1. The number of aliphatic carboxylic acids is 1. The molecule has 2 heterocycles. The van der Waals surface area contributed by atoms with Crippen molar-refractivity contribution in [2.24, 2.45) is 7.05 Å². The second-order valence-corrected chi connectivity index (χ2v) is 7.55. The zero-order valence-corrected chi connectivity index (χ0v) is 17.2. The molecule has 1 fully saturated rings. The van der Waals surface area contributed by atoms with E-state index in [9.17, 15) is 24.3 Å². The molecule has 1 aromatic heterocycles. The van der Waals surface area contributed by atoms with E-state index in [1.54, 1.807) is 13.1 Å². The highest BCUT2D eigenvalue weighted by molar-refractivity contribution is 6.00. The SMILES string of the molecule is CCCC(OCCCc1cccc2c1n(C)c(=O)n2C1CCC(=O)NC1=O)C(=O)O. The third-order valence-electron chi connectivity index (χ3n) is 5.44. The van der Waals surface area contributed by atoms with Crippen molar-refractivity contribution >= 4 is 28.8 Å². The molecule has 0 bridgehead atoms. The Hall–Kier alpha value is -2.94. The summed E-state index contributed by atoms with van der Waals surface area (Å²) < 4.78 is 8.48. The van der Waals surface area contributed by atoms with E-state index in [1.165, 1.54) is 9.13 Å². The summed E-state index contributed by atoms with van der Waals surface area (Å²) in [6, 6.07) is 4.82. The standard InChI is InChI=1S/C21H27N3O6/c1-3-6-16(20(27)28)30-12-5-8-13-7-4-9-14-18(13)23(2)21(29)24(14)15-10-11-17(25)22-19(15)26/h4,7,9,15-16H,3,5-6,8,10-12H2,1-2H3,(H,27,28)(H,22,25,26). The molecule has 0 spiro atoms. The highest BCUT2D eigenvalue weighted by atomic mass is 16.5. The van der Waals surface area contributed by atoms with Gasteiger partial charge in [-0.15, -0.1) is 0 Å². The van der Waals surface area contributed by atoms with E-state index in [1.807, 2.05) is 19.1 Å². The number of rotatable bonds is 9. The Labute approximate surface area is 173 Å². The van der Waals surface area contributed by atoms with Gasteiger partial charge in [-0.05, 0) is 37.3 Å². The number of benzene rings is 1. The highest BCUT2D eigenvalue weighted by Crippen LogP contribution is 2.25. The lowest BCUT2D eigenvalue weighted by atomic mass is 10.0. The Morgan fingerprint density at radius 1 is 1.33 bits per heavy atom. The summed E-state index contributed by atoms with van der Waals surface area (Å²) in [5.41, 5.74) is 1.99. The fourth-order valence-electron chi connectivity index (χ4n) is 3.98. The maximum absolute atomic E-state index is 12.9. The molecule has 162 valence electrons. The quantitative estimate of drug-likeness (QED) is 0.472. The summed E-state index contributed by atoms with van der Waals surface area (Å²) in [6.07, 6.45) is 2.07. The molecule has 1 saturated heterocycles. The van der Waals surface area contributed by atoms with Crippen LogP contribution < -0.4 is 11.0 Å². The van der Waals surface area contributed by atoms with E-state index < -0.39 is 24.0 Å². The zero-order chi connectivity index (χ0) is 21.8. The average Bonchev–Trinajstić information content (AvgIpc) is 2.95. The van der Waals surface area contributed by atoms with Crippen molar-refractivity contribution in [3.05, 3.63) is 34.2 Å². The minimum absolute atomic E-state index is 0.193. The number of para-hydroxylation sites is 1. The topological polar surface area (TPSA) is 120 Å². The van der Waals surface area contributed by atoms with Crippen LogP contribution in [0, 0.1) is 0 Å². The Balaban J connectivity index is 1.81. The van der Waals surface area contributed by atoms with Crippen molar-refractivity contribution in [3.63, 3.8) is 0 Å². The van der Waals surface area contributed by atoms with Crippen molar-refractivity contribution < 1.29 is 24.2 Å². The summed E-state index contributed by atoms with van der Waals surface area (Å²) >= 11 is 0. The molecule has 0 aliphatic carbocycles. The summed E-state index contributed by atoms with van der Waals surface area (Å²) in [5.74, 6) is -1.74. The number of imidazole rings is 1. The van der Waals surface area contributed by atoms with Gasteiger partial charge in [-0.25, -0.2) is 9.59 Å². The average molecular weight is 417 g/mol. The summed E-state index contributed by atoms with van der Waals surface area (Å²) in [7, 11) is 1.66. The molecule has 2 atom stereocenters. The van der Waals surface area contributed by atoms with Crippen molar-refractivity contribution in [1.82, 2.24) is 14.5 Å². The Bertz CT molecular complexity index is 1020. The third-order valence-corrected chi connectivity index (χ3v) is 5.44. The first kappa shape index (κ1) is 21.8. The molecule has 1 aromatic carbocycles. The number of nitrogens with one attached hydrogen (secondary N) is 1. The lowest BCUT2D eigenvalue weighted by Crippen LogP contribution is -2.44. The smallest absolute Gasteiger partial charge is 0.332 e. The molecule has 2 N–H and O–H groups in total. The van der Waals surface area contributed by atoms with Crippen LogP contribution in [0.4, 0.5) is 0 Å². The molecule has 1 aliphatic rings. The number of carboxylic acids is 1. The van der Waals surface area contributed by atoms with E-state index in [0.29, 0.717) is 31.4 Å². The molecule has 9 heteroatoms. The van der Waals surface area contributed by atoms with E-state index in [-0.39, 0.29) is 24.4 Å². The van der Waals surface area contributed by atoms with Gasteiger partial charge in [0.05, 0.1) is 11.0 Å². The number of carbonyl (C=O) groups is 3. The predicted molar refractivity (Wildman–Crippen MR) is 109 cm³/mol. The van der Waals surface area contributed by atoms with Gasteiger partial charge in [0.1, 0.15) is 6.04 Å². The Kier molecular flexibility index (Phi) is 6.71. The molecule has 2 unspecified atom stereocenters. The number of hydrogen-bond donors (Lipinski definition) is 2. The Morgan fingerprint density at radius 3 is 2.77 bits per heavy atom. The van der Waals surface area contributed by atoms with Gasteiger partial charge in [0.2, 0.25) is 11.8 Å². The monoisotopic (exact) mass is 417 g/mol. The Morgan fingerprint density at radius 2 is 2.10 bits per heavy atom. The van der Waals surface area contributed by atoms with E-state index in [2.05, 4.69) is 5.32 Å². The van der Waals surface area contributed by atoms with Gasteiger partial charge < -0.3 is 9.84 Å². The van der Waals surface area contributed by atoms with E-state index in [4.69, 9.17) is 4.74 Å². The number of aryl methyl sites for hydroxylation is 2. The fraction of sp³-hybridized carbons (Fsp3) is 0.524. The fourth-order valence-corrected chi connectivity index (χ4v) is 3.98. The molecule has 9 nitrogen and oxygen atoms in total. The summed E-state index contributed by atoms with van der Waals surface area (Å²) in [4.78, 5) is 47.9. The third kappa shape index (κ3) is 4.30. The molecular formula is C21H27N3O6. The van der Waals surface area contributed by atoms with Gasteiger partial charge >= 0.3 is 11.7 Å². The first-order valence-corrected chi connectivity index (χ1v) is 10.2. The van der Waals surface area contributed by atoms with Gasteiger partial charge in [-0.1, -0.05) is 25.5 Å². The number of imide groups is 1. The number of piperidine rings is 1. The van der Waals surface area contributed by atoms with Crippen LogP contribution in [0.25, 0.3) is 11.0 Å². The molecular weight excluding hydrogens is 390 g/mol. The lowest BCUT2D eigenvalue weighted by molar-refractivity contribution is -0.151. The summed E-state index contributed by atoms with van der Waals surface area (Å²) in [5, 5.41) is 11.5. The molecule has 3 rings (SSSR count). The molecule has 1 aliphatic heterocycles. The van der Waals surface area contributed by atoms with Gasteiger partial charge in [0.15, 0.2) is 6.10 Å². The maximum atomic E-state index is 12.9. The minimum Gasteiger partial charge on any atom is -0.479 e. The molecule has 0 radical (unpaired) electrons. The van der Waals surface area contributed by atoms with Crippen LogP contribution in [0.3, 0.4) is 0 Å². The number of aromatic nitrogens is 2. The highest BCUT2D eigenvalue weighted by Gasteiger charge is 2.31. The first-order chi connectivity index (χ1) is 14.3. The second kappa shape index (κ2) is 9.25. The van der Waals surface area contributed by atoms with Crippen molar-refractivity contribution in [3.8, 4) is 0 Å². The molecule has 2 amide bonds. The lowest BCUT2D eigenvalue weighted by Gasteiger charge is -2.22. The van der Waals surface area contributed by atoms with Crippen LogP contribution in [0.5, 0.6) is 0 Å².